The van der Waals surface area contributed by atoms with E-state index < -0.39 is 78.3 Å². The van der Waals surface area contributed by atoms with E-state index in [1.165, 1.54) is 19.1 Å². The number of hydrogen-bond acceptors (Lipinski definition) is 7. The molecule has 1 aromatic rings. The van der Waals surface area contributed by atoms with Gasteiger partial charge in [-0.15, -0.1) is 0 Å². The number of esters is 2. The van der Waals surface area contributed by atoms with Crippen molar-refractivity contribution in [1.29, 1.82) is 0 Å². The van der Waals surface area contributed by atoms with Crippen LogP contribution in [0.5, 0.6) is 0 Å². The Kier molecular flexibility index (Phi) is 5.60. The lowest BCUT2D eigenvalue weighted by Crippen LogP contribution is -2.39. The van der Waals surface area contributed by atoms with Gasteiger partial charge in [-0.1, -0.05) is 0 Å². The van der Waals surface area contributed by atoms with Crippen LogP contribution >= 0.6 is 0 Å². The average Bonchev–Trinajstić information content (AvgIpc) is 3.11. The number of nitrogens with zero attached hydrogens (tertiary/aromatic N) is 1. The van der Waals surface area contributed by atoms with Crippen LogP contribution in [0.15, 0.2) is 0 Å². The molecule has 2 unspecified atom stereocenters. The molecule has 0 aromatic heterocycles. The minimum Gasteiger partial charge on any atom is -0.467 e. The van der Waals surface area contributed by atoms with Crippen LogP contribution < -0.4 is 0 Å². The monoisotopic (exact) mass is 407 g/mol. The summed E-state index contributed by atoms with van der Waals surface area (Å²) in [6.45, 7) is -1.09. The van der Waals surface area contributed by atoms with E-state index in [0.717, 1.165) is 7.11 Å². The number of fused-ring (bicyclic) bond motifs is 5. The fourth-order valence-electron chi connectivity index (χ4n) is 3.83. The maximum atomic E-state index is 14.4. The van der Waals surface area contributed by atoms with Gasteiger partial charge in [-0.05, 0) is 7.05 Å². The minimum atomic E-state index is -1.93. The molecule has 1 saturated heterocycles. The molecule has 2 aliphatic rings. The molecule has 2 heterocycles. The molecule has 0 spiro atoms. The Balaban J connectivity index is 1.86. The Bertz CT molecular complexity index is 820. The lowest BCUT2D eigenvalue weighted by atomic mass is 9.86. The van der Waals surface area contributed by atoms with Gasteiger partial charge in [0.2, 0.25) is 0 Å². The third-order valence-corrected chi connectivity index (χ3v) is 4.96. The number of benzene rings is 1. The second-order valence-electron chi connectivity index (χ2n) is 6.36. The fourth-order valence-corrected chi connectivity index (χ4v) is 3.83. The van der Waals surface area contributed by atoms with Crippen LogP contribution in [0.25, 0.3) is 0 Å². The maximum Gasteiger partial charge on any atom is 0.332 e. The van der Waals surface area contributed by atoms with Gasteiger partial charge >= 0.3 is 11.9 Å². The van der Waals surface area contributed by atoms with Gasteiger partial charge in [0.25, 0.3) is 0 Å². The Morgan fingerprint density at radius 1 is 0.857 bits per heavy atom. The van der Waals surface area contributed by atoms with Crippen molar-refractivity contribution in [3.8, 4) is 0 Å². The zero-order chi connectivity index (χ0) is 20.7. The zero-order valence-corrected chi connectivity index (χ0v) is 15.1. The third kappa shape index (κ3) is 3.03. The topological polar surface area (TPSA) is 74.3 Å². The standard InChI is InChI=1S/C17H17F4NO6/c1-22-14-8-9(11(19)13(21)12(20)10(8)18)15(22)17(16(14)26-3)28-7(24)5-27-4-6(23)25-2/h14-17H,4-5H2,1-3H3/t14-,15?,16+,17?/m0/s1. The predicted molar refractivity (Wildman–Crippen MR) is 83.0 cm³/mol. The summed E-state index contributed by atoms with van der Waals surface area (Å²) in [5, 5.41) is 0. The van der Waals surface area contributed by atoms with Crippen molar-refractivity contribution < 1.29 is 46.1 Å². The van der Waals surface area contributed by atoms with Crippen molar-refractivity contribution in [3.05, 3.63) is 34.4 Å². The number of likely N-dealkylation sites (N-methyl/N-ethyl adjacent to an activating group) is 1. The zero-order valence-electron chi connectivity index (χ0n) is 15.1. The molecular weight excluding hydrogens is 390 g/mol. The average molecular weight is 407 g/mol. The molecule has 0 saturated carbocycles. The van der Waals surface area contributed by atoms with Crippen molar-refractivity contribution in [2.45, 2.75) is 24.3 Å². The summed E-state index contributed by atoms with van der Waals surface area (Å²) >= 11 is 0. The smallest absolute Gasteiger partial charge is 0.332 e. The van der Waals surface area contributed by atoms with Gasteiger partial charge in [0.15, 0.2) is 23.3 Å². The van der Waals surface area contributed by atoms with Crippen LogP contribution in [-0.2, 0) is 28.5 Å². The van der Waals surface area contributed by atoms with E-state index in [0.29, 0.717) is 0 Å². The number of carbonyl (C=O) groups excluding carboxylic acids is 2. The van der Waals surface area contributed by atoms with Crippen LogP contribution in [0.2, 0.25) is 0 Å². The number of halogens is 4. The molecule has 154 valence electrons. The first-order valence-corrected chi connectivity index (χ1v) is 8.19. The number of methoxy groups -OCH3 is 2. The molecule has 0 amide bonds. The lowest BCUT2D eigenvalue weighted by Gasteiger charge is -2.30. The van der Waals surface area contributed by atoms with Crippen molar-refractivity contribution >= 4 is 11.9 Å². The minimum absolute atomic E-state index is 0.356. The van der Waals surface area contributed by atoms with E-state index in [9.17, 15) is 27.2 Å². The Morgan fingerprint density at radius 2 is 1.36 bits per heavy atom. The number of ether oxygens (including phenoxy) is 4. The molecule has 1 aromatic carbocycles. The van der Waals surface area contributed by atoms with Crippen molar-refractivity contribution in [2.75, 3.05) is 34.5 Å². The first kappa shape index (κ1) is 20.5. The van der Waals surface area contributed by atoms with Crippen molar-refractivity contribution in [2.24, 2.45) is 0 Å². The summed E-state index contributed by atoms with van der Waals surface area (Å²) in [4.78, 5) is 24.4. The Morgan fingerprint density at radius 3 is 1.86 bits per heavy atom. The molecule has 28 heavy (non-hydrogen) atoms. The first-order chi connectivity index (χ1) is 13.2. The number of hydrogen-bond donors (Lipinski definition) is 0. The fraction of sp³-hybridized carbons (Fsp3) is 0.529. The van der Waals surface area contributed by atoms with Crippen LogP contribution in [0.1, 0.15) is 23.2 Å². The quantitative estimate of drug-likeness (QED) is 0.306. The SMILES string of the molecule is COC(=O)COCC(=O)OC1C2c3c(F)c(F)c(F)c(F)c3[C@@H]([C@H]1OC)N2C. The van der Waals surface area contributed by atoms with Gasteiger partial charge < -0.3 is 18.9 Å². The first-order valence-electron chi connectivity index (χ1n) is 8.19. The Labute approximate surface area is 157 Å². The van der Waals surface area contributed by atoms with Crippen LogP contribution in [0, 0.1) is 23.3 Å². The van der Waals surface area contributed by atoms with Gasteiger partial charge in [-0.25, -0.2) is 27.2 Å². The van der Waals surface area contributed by atoms with Gasteiger partial charge in [0, 0.05) is 18.2 Å². The molecule has 1 fully saturated rings. The Hall–Kier alpha value is -2.24. The molecule has 2 bridgehead atoms. The third-order valence-electron chi connectivity index (χ3n) is 4.96. The molecule has 11 heteroatoms. The summed E-state index contributed by atoms with van der Waals surface area (Å²) in [5.41, 5.74) is -0.768. The van der Waals surface area contributed by atoms with Crippen LogP contribution in [0.4, 0.5) is 17.6 Å². The highest BCUT2D eigenvalue weighted by atomic mass is 19.2. The molecular formula is C17H17F4NO6. The maximum absolute atomic E-state index is 14.4. The lowest BCUT2D eigenvalue weighted by molar-refractivity contribution is -0.163. The van der Waals surface area contributed by atoms with E-state index in [1.54, 1.807) is 0 Å². The summed E-state index contributed by atoms with van der Waals surface area (Å²) in [6.07, 6.45) is -2.08. The molecule has 0 aliphatic carbocycles. The van der Waals surface area contributed by atoms with E-state index in [1.807, 2.05) is 0 Å². The predicted octanol–water partition coefficient (Wildman–Crippen LogP) is 1.40. The van der Waals surface area contributed by atoms with E-state index in [-0.39, 0.29) is 5.56 Å². The number of carbonyl (C=O) groups is 2. The van der Waals surface area contributed by atoms with Gasteiger partial charge in [-0.3, -0.25) is 4.90 Å². The molecule has 4 atom stereocenters. The highest BCUT2D eigenvalue weighted by molar-refractivity contribution is 5.73. The summed E-state index contributed by atoms with van der Waals surface area (Å²) < 4.78 is 75.8. The summed E-state index contributed by atoms with van der Waals surface area (Å²) in [7, 11) is 3.88. The van der Waals surface area contributed by atoms with Gasteiger partial charge in [0.05, 0.1) is 19.2 Å². The van der Waals surface area contributed by atoms with Crippen molar-refractivity contribution in [3.63, 3.8) is 0 Å². The van der Waals surface area contributed by atoms with E-state index in [2.05, 4.69) is 4.74 Å². The molecule has 0 radical (unpaired) electrons. The summed E-state index contributed by atoms with van der Waals surface area (Å²) in [6, 6.07) is -2.07. The highest BCUT2D eigenvalue weighted by Gasteiger charge is 2.60. The van der Waals surface area contributed by atoms with Crippen LogP contribution in [0.3, 0.4) is 0 Å². The van der Waals surface area contributed by atoms with E-state index in [4.69, 9.17) is 14.2 Å². The van der Waals surface area contributed by atoms with Crippen LogP contribution in [-0.4, -0.2) is 63.5 Å². The van der Waals surface area contributed by atoms with E-state index >= 15 is 0 Å². The molecule has 0 N–H and O–H groups in total. The number of rotatable bonds is 6. The largest absolute Gasteiger partial charge is 0.467 e. The second kappa shape index (κ2) is 7.64. The molecule has 7 nitrogen and oxygen atoms in total. The van der Waals surface area contributed by atoms with Crippen molar-refractivity contribution in [1.82, 2.24) is 4.90 Å². The summed E-state index contributed by atoms with van der Waals surface area (Å²) in [5.74, 6) is -8.48. The van der Waals surface area contributed by atoms with Gasteiger partial charge in [-0.2, -0.15) is 0 Å². The molecule has 3 rings (SSSR count). The molecule has 2 aliphatic heterocycles. The van der Waals surface area contributed by atoms with Gasteiger partial charge in [0.1, 0.15) is 25.4 Å². The second-order valence-corrected chi connectivity index (χ2v) is 6.36. The highest BCUT2D eigenvalue weighted by Crippen LogP contribution is 2.56. The normalized spacial score (nSPS) is 25.7.